The highest BCUT2D eigenvalue weighted by Crippen LogP contribution is 2.29. The molecule has 1 saturated heterocycles. The second kappa shape index (κ2) is 5.32. The summed E-state index contributed by atoms with van der Waals surface area (Å²) in [6.07, 6.45) is 4.05. The zero-order chi connectivity index (χ0) is 11.5. The Balaban J connectivity index is 1.64. The van der Waals surface area contributed by atoms with E-state index in [4.69, 9.17) is 12.2 Å². The van der Waals surface area contributed by atoms with Crippen LogP contribution in [-0.4, -0.2) is 41.7 Å². The highest BCUT2D eigenvalue weighted by atomic mass is 32.1. The normalized spacial score (nSPS) is 26.1. The van der Waals surface area contributed by atoms with Gasteiger partial charge in [-0.1, -0.05) is 13.8 Å². The smallest absolute Gasteiger partial charge is 0.166 e. The number of hydrogen-bond donors (Lipinski definition) is 2. The van der Waals surface area contributed by atoms with Gasteiger partial charge in [0.05, 0.1) is 0 Å². The maximum absolute atomic E-state index is 5.29. The fourth-order valence-corrected chi connectivity index (χ4v) is 2.46. The van der Waals surface area contributed by atoms with E-state index in [1.165, 1.54) is 32.4 Å². The van der Waals surface area contributed by atoms with Gasteiger partial charge in [-0.2, -0.15) is 0 Å². The third-order valence-corrected chi connectivity index (χ3v) is 3.55. The molecule has 1 aliphatic carbocycles. The molecule has 16 heavy (non-hydrogen) atoms. The molecule has 1 heterocycles. The van der Waals surface area contributed by atoms with Crippen LogP contribution in [0.3, 0.4) is 0 Å². The lowest BCUT2D eigenvalue weighted by atomic mass is 10.2. The topological polar surface area (TPSA) is 27.3 Å². The van der Waals surface area contributed by atoms with Gasteiger partial charge in [0.1, 0.15) is 0 Å². The molecule has 3 nitrogen and oxygen atoms in total. The first-order chi connectivity index (χ1) is 7.65. The van der Waals surface area contributed by atoms with Gasteiger partial charge in [0.2, 0.25) is 0 Å². The molecule has 0 bridgehead atoms. The second-order valence-corrected chi connectivity index (χ2v) is 5.87. The van der Waals surface area contributed by atoms with E-state index >= 15 is 0 Å². The summed E-state index contributed by atoms with van der Waals surface area (Å²) in [4.78, 5) is 2.60. The van der Waals surface area contributed by atoms with E-state index in [9.17, 15) is 0 Å². The molecular weight excluding hydrogens is 218 g/mol. The van der Waals surface area contributed by atoms with Gasteiger partial charge in [-0.05, 0) is 37.4 Å². The zero-order valence-electron chi connectivity index (χ0n) is 10.3. The van der Waals surface area contributed by atoms with Crippen molar-refractivity contribution >= 4 is 17.3 Å². The maximum Gasteiger partial charge on any atom is 0.166 e. The average molecular weight is 241 g/mol. The van der Waals surface area contributed by atoms with Gasteiger partial charge in [-0.15, -0.1) is 0 Å². The lowest BCUT2D eigenvalue weighted by molar-refractivity contribution is 0.321. The minimum atomic E-state index is 0.563. The number of hydrogen-bond acceptors (Lipinski definition) is 2. The Morgan fingerprint density at radius 1 is 1.38 bits per heavy atom. The fraction of sp³-hybridized carbons (Fsp3) is 0.917. The quantitative estimate of drug-likeness (QED) is 0.727. The molecule has 1 atom stereocenters. The average Bonchev–Trinajstić information content (AvgIpc) is 2.98. The summed E-state index contributed by atoms with van der Waals surface area (Å²) in [5, 5.41) is 7.53. The number of thiocarbonyl (C=S) groups is 1. The van der Waals surface area contributed by atoms with Crippen molar-refractivity contribution in [2.75, 3.05) is 19.6 Å². The molecule has 0 aromatic heterocycles. The molecule has 2 rings (SSSR count). The minimum absolute atomic E-state index is 0.563. The Kier molecular flexibility index (Phi) is 4.03. The summed E-state index contributed by atoms with van der Waals surface area (Å²) in [5.41, 5.74) is 0. The van der Waals surface area contributed by atoms with Crippen LogP contribution in [0.25, 0.3) is 0 Å². The van der Waals surface area contributed by atoms with Crippen molar-refractivity contribution in [3.8, 4) is 0 Å². The Bertz CT molecular complexity index is 251. The number of rotatable bonds is 4. The Hall–Kier alpha value is -0.350. The standard InChI is InChI=1S/C12H23N3S/c1-9(2)7-13-12(16)14-10-5-6-15(8-10)11-3-4-11/h9-11H,3-8H2,1-2H3,(H2,13,14,16). The fourth-order valence-electron chi connectivity index (χ4n) is 2.21. The molecule has 2 fully saturated rings. The van der Waals surface area contributed by atoms with E-state index in [0.717, 1.165) is 17.7 Å². The van der Waals surface area contributed by atoms with Crippen LogP contribution in [0.4, 0.5) is 0 Å². The first-order valence-electron chi connectivity index (χ1n) is 6.43. The molecule has 2 aliphatic rings. The lowest BCUT2D eigenvalue weighted by Crippen LogP contribution is -2.44. The zero-order valence-corrected chi connectivity index (χ0v) is 11.1. The van der Waals surface area contributed by atoms with E-state index in [2.05, 4.69) is 29.4 Å². The Labute approximate surface area is 104 Å². The van der Waals surface area contributed by atoms with Crippen LogP contribution < -0.4 is 10.6 Å². The van der Waals surface area contributed by atoms with Crippen LogP contribution in [0.1, 0.15) is 33.1 Å². The number of likely N-dealkylation sites (tertiary alicyclic amines) is 1. The summed E-state index contributed by atoms with van der Waals surface area (Å²) in [6.45, 7) is 7.77. The van der Waals surface area contributed by atoms with Crippen LogP contribution in [0.15, 0.2) is 0 Å². The molecule has 1 aliphatic heterocycles. The van der Waals surface area contributed by atoms with Gasteiger partial charge in [0, 0.05) is 31.7 Å². The molecule has 2 N–H and O–H groups in total. The summed E-state index contributed by atoms with van der Waals surface area (Å²) in [6, 6.07) is 1.46. The molecular formula is C12H23N3S. The summed E-state index contributed by atoms with van der Waals surface area (Å²) >= 11 is 5.29. The third-order valence-electron chi connectivity index (χ3n) is 3.29. The number of nitrogens with zero attached hydrogens (tertiary/aromatic N) is 1. The summed E-state index contributed by atoms with van der Waals surface area (Å²) in [7, 11) is 0. The van der Waals surface area contributed by atoms with Crippen molar-refractivity contribution in [3.05, 3.63) is 0 Å². The van der Waals surface area contributed by atoms with Crippen molar-refractivity contribution in [1.29, 1.82) is 0 Å². The van der Waals surface area contributed by atoms with E-state index in [0.29, 0.717) is 12.0 Å². The highest BCUT2D eigenvalue weighted by molar-refractivity contribution is 7.80. The molecule has 1 saturated carbocycles. The molecule has 0 radical (unpaired) electrons. The van der Waals surface area contributed by atoms with Crippen LogP contribution in [-0.2, 0) is 0 Å². The monoisotopic (exact) mass is 241 g/mol. The second-order valence-electron chi connectivity index (χ2n) is 5.46. The first-order valence-corrected chi connectivity index (χ1v) is 6.84. The Morgan fingerprint density at radius 3 is 2.75 bits per heavy atom. The van der Waals surface area contributed by atoms with Crippen LogP contribution in [0.5, 0.6) is 0 Å². The SMILES string of the molecule is CC(C)CNC(=S)NC1CCN(C2CC2)C1. The maximum atomic E-state index is 5.29. The van der Waals surface area contributed by atoms with Crippen molar-refractivity contribution in [3.63, 3.8) is 0 Å². The minimum Gasteiger partial charge on any atom is -0.362 e. The van der Waals surface area contributed by atoms with Gasteiger partial charge < -0.3 is 10.6 Å². The number of nitrogens with one attached hydrogen (secondary N) is 2. The lowest BCUT2D eigenvalue weighted by Gasteiger charge is -2.18. The summed E-state index contributed by atoms with van der Waals surface area (Å²) in [5.74, 6) is 0.645. The van der Waals surface area contributed by atoms with Crippen molar-refractivity contribution in [1.82, 2.24) is 15.5 Å². The molecule has 4 heteroatoms. The van der Waals surface area contributed by atoms with Crippen LogP contribution in [0, 0.1) is 5.92 Å². The van der Waals surface area contributed by atoms with E-state index in [1.54, 1.807) is 0 Å². The predicted molar refractivity (Wildman–Crippen MR) is 71.6 cm³/mol. The van der Waals surface area contributed by atoms with Crippen molar-refractivity contribution < 1.29 is 0 Å². The molecule has 0 aromatic carbocycles. The van der Waals surface area contributed by atoms with Gasteiger partial charge in [-0.3, -0.25) is 4.90 Å². The van der Waals surface area contributed by atoms with Crippen LogP contribution in [0.2, 0.25) is 0 Å². The molecule has 92 valence electrons. The molecule has 1 unspecified atom stereocenters. The van der Waals surface area contributed by atoms with Gasteiger partial charge >= 0.3 is 0 Å². The van der Waals surface area contributed by atoms with Crippen molar-refractivity contribution in [2.45, 2.75) is 45.2 Å². The van der Waals surface area contributed by atoms with E-state index < -0.39 is 0 Å². The highest BCUT2D eigenvalue weighted by Gasteiger charge is 2.34. The van der Waals surface area contributed by atoms with Crippen molar-refractivity contribution in [2.24, 2.45) is 5.92 Å². The molecule has 0 aromatic rings. The van der Waals surface area contributed by atoms with Gasteiger partial charge in [0.25, 0.3) is 0 Å². The van der Waals surface area contributed by atoms with E-state index in [-0.39, 0.29) is 0 Å². The van der Waals surface area contributed by atoms with Gasteiger partial charge in [-0.25, -0.2) is 0 Å². The predicted octanol–water partition coefficient (Wildman–Crippen LogP) is 1.34. The summed E-state index contributed by atoms with van der Waals surface area (Å²) < 4.78 is 0. The van der Waals surface area contributed by atoms with E-state index in [1.807, 2.05) is 0 Å². The molecule has 0 spiro atoms. The first kappa shape index (κ1) is 12.1. The van der Waals surface area contributed by atoms with Crippen LogP contribution >= 0.6 is 12.2 Å². The van der Waals surface area contributed by atoms with Gasteiger partial charge in [0.15, 0.2) is 5.11 Å². The third kappa shape index (κ3) is 3.59. The Morgan fingerprint density at radius 2 is 2.12 bits per heavy atom. The largest absolute Gasteiger partial charge is 0.362 e. The molecule has 0 amide bonds.